The number of carboxylic acids is 1. The molecule has 2 aliphatic heterocycles. The number of carboxylic acid groups (broad SMARTS) is 1. The highest BCUT2D eigenvalue weighted by atomic mass is 16.5. The van der Waals surface area contributed by atoms with Crippen LogP contribution in [0.5, 0.6) is 0 Å². The maximum atomic E-state index is 11.3. The molecule has 0 amide bonds. The molecule has 5 heteroatoms. The van der Waals surface area contributed by atoms with Crippen LogP contribution in [0.1, 0.15) is 23.2 Å². The Morgan fingerprint density at radius 2 is 2.00 bits per heavy atom. The lowest BCUT2D eigenvalue weighted by molar-refractivity contribution is -0.000296. The fraction of sp³-hybridized carbons (Fsp3) is 0.500. The molecule has 0 bridgehead atoms. The van der Waals surface area contributed by atoms with Crippen LogP contribution in [-0.4, -0.2) is 37.4 Å². The fourth-order valence-corrected chi connectivity index (χ4v) is 3.06. The Morgan fingerprint density at radius 1 is 1.32 bits per heavy atom. The van der Waals surface area contributed by atoms with Crippen molar-refractivity contribution in [1.82, 2.24) is 0 Å². The number of ether oxygens (including phenoxy) is 1. The Kier molecular flexibility index (Phi) is 2.86. The third-order valence-corrected chi connectivity index (χ3v) is 4.20. The van der Waals surface area contributed by atoms with Gasteiger partial charge in [0.1, 0.15) is 0 Å². The largest absolute Gasteiger partial charge is 0.478 e. The van der Waals surface area contributed by atoms with Gasteiger partial charge in [0.15, 0.2) is 0 Å². The van der Waals surface area contributed by atoms with Gasteiger partial charge in [0.25, 0.3) is 0 Å². The van der Waals surface area contributed by atoms with Crippen LogP contribution >= 0.6 is 0 Å². The van der Waals surface area contributed by atoms with Gasteiger partial charge in [-0.25, -0.2) is 4.79 Å². The minimum atomic E-state index is -0.921. The Balaban J connectivity index is 1.79. The van der Waals surface area contributed by atoms with E-state index in [0.29, 0.717) is 16.7 Å². The summed E-state index contributed by atoms with van der Waals surface area (Å²) in [5.74, 6) is -0.921. The molecule has 3 N–H and O–H groups in total. The van der Waals surface area contributed by atoms with E-state index in [1.54, 1.807) is 6.07 Å². The van der Waals surface area contributed by atoms with Crippen molar-refractivity contribution in [2.24, 2.45) is 5.41 Å². The molecule has 2 heterocycles. The number of hydrogen-bond donors (Lipinski definition) is 2. The van der Waals surface area contributed by atoms with Gasteiger partial charge >= 0.3 is 5.97 Å². The number of aromatic carboxylic acids is 1. The standard InChI is InChI=1S/C14H18N2O3/c15-10-1-2-12(11(7-10)13(17)18)16-8-14(9-16)3-5-19-6-4-14/h1-2,7H,3-6,8-9,15H2,(H,17,18). The second-order valence-corrected chi connectivity index (χ2v) is 5.55. The normalized spacial score (nSPS) is 21.2. The quantitative estimate of drug-likeness (QED) is 0.791. The zero-order valence-corrected chi connectivity index (χ0v) is 10.8. The van der Waals surface area contributed by atoms with Crippen LogP contribution in [0.2, 0.25) is 0 Å². The topological polar surface area (TPSA) is 75.8 Å². The van der Waals surface area contributed by atoms with E-state index in [4.69, 9.17) is 10.5 Å². The second kappa shape index (κ2) is 4.42. The summed E-state index contributed by atoms with van der Waals surface area (Å²) in [5, 5.41) is 9.26. The van der Waals surface area contributed by atoms with E-state index in [-0.39, 0.29) is 0 Å². The summed E-state index contributed by atoms with van der Waals surface area (Å²) >= 11 is 0. The lowest BCUT2D eigenvalue weighted by Crippen LogP contribution is -2.58. The first-order chi connectivity index (χ1) is 9.10. The average Bonchev–Trinajstić information content (AvgIpc) is 2.37. The monoisotopic (exact) mass is 262 g/mol. The highest BCUT2D eigenvalue weighted by Crippen LogP contribution is 2.43. The molecule has 5 nitrogen and oxygen atoms in total. The van der Waals surface area contributed by atoms with Crippen LogP contribution in [0.3, 0.4) is 0 Å². The fourth-order valence-electron chi connectivity index (χ4n) is 3.06. The predicted octanol–water partition coefficient (Wildman–Crippen LogP) is 1.58. The molecule has 2 saturated heterocycles. The molecule has 0 aromatic heterocycles. The highest BCUT2D eigenvalue weighted by molar-refractivity contribution is 5.95. The zero-order valence-electron chi connectivity index (χ0n) is 10.8. The number of hydrogen-bond acceptors (Lipinski definition) is 4. The van der Waals surface area contributed by atoms with Crippen LogP contribution in [-0.2, 0) is 4.74 Å². The molecule has 102 valence electrons. The maximum Gasteiger partial charge on any atom is 0.337 e. The van der Waals surface area contributed by atoms with Crippen molar-refractivity contribution in [2.75, 3.05) is 36.9 Å². The first-order valence-corrected chi connectivity index (χ1v) is 6.55. The van der Waals surface area contributed by atoms with E-state index in [0.717, 1.165) is 44.8 Å². The summed E-state index contributed by atoms with van der Waals surface area (Å²) in [6.45, 7) is 3.48. The summed E-state index contributed by atoms with van der Waals surface area (Å²) < 4.78 is 5.39. The van der Waals surface area contributed by atoms with Gasteiger partial charge in [0, 0.05) is 37.4 Å². The molecule has 0 atom stereocenters. The SMILES string of the molecule is Nc1ccc(N2CC3(CCOCC3)C2)c(C(=O)O)c1. The third-order valence-electron chi connectivity index (χ3n) is 4.20. The molecular formula is C14H18N2O3. The van der Waals surface area contributed by atoms with E-state index >= 15 is 0 Å². The summed E-state index contributed by atoms with van der Waals surface area (Å²) in [4.78, 5) is 13.4. The van der Waals surface area contributed by atoms with Crippen molar-refractivity contribution in [3.8, 4) is 0 Å². The lowest BCUT2D eigenvalue weighted by atomic mass is 9.73. The summed E-state index contributed by atoms with van der Waals surface area (Å²) in [6.07, 6.45) is 2.14. The molecule has 0 saturated carbocycles. The molecule has 1 aromatic rings. The van der Waals surface area contributed by atoms with E-state index in [1.165, 1.54) is 6.07 Å². The predicted molar refractivity (Wildman–Crippen MR) is 72.5 cm³/mol. The lowest BCUT2D eigenvalue weighted by Gasteiger charge is -2.53. The van der Waals surface area contributed by atoms with E-state index < -0.39 is 5.97 Å². The molecule has 0 unspecified atom stereocenters. The molecule has 3 rings (SSSR count). The number of nitrogens with two attached hydrogens (primary N) is 1. The molecular weight excluding hydrogens is 244 g/mol. The number of carbonyl (C=O) groups is 1. The molecule has 2 fully saturated rings. The highest BCUT2D eigenvalue weighted by Gasteiger charge is 2.44. The number of anilines is 2. The number of nitrogen functional groups attached to an aromatic ring is 1. The van der Waals surface area contributed by atoms with Gasteiger partial charge in [-0.3, -0.25) is 0 Å². The minimum absolute atomic E-state index is 0.293. The first-order valence-electron chi connectivity index (χ1n) is 6.55. The zero-order chi connectivity index (χ0) is 13.5. The smallest absolute Gasteiger partial charge is 0.337 e. The van der Waals surface area contributed by atoms with Crippen molar-refractivity contribution >= 4 is 17.3 Å². The van der Waals surface area contributed by atoms with Crippen molar-refractivity contribution in [3.05, 3.63) is 23.8 Å². The van der Waals surface area contributed by atoms with Gasteiger partial charge in [-0.2, -0.15) is 0 Å². The van der Waals surface area contributed by atoms with Crippen LogP contribution in [0.25, 0.3) is 0 Å². The van der Waals surface area contributed by atoms with Crippen molar-refractivity contribution in [1.29, 1.82) is 0 Å². The van der Waals surface area contributed by atoms with Crippen molar-refractivity contribution in [2.45, 2.75) is 12.8 Å². The summed E-state index contributed by atoms with van der Waals surface area (Å²) in [5.41, 5.74) is 7.55. The maximum absolute atomic E-state index is 11.3. The van der Waals surface area contributed by atoms with Crippen LogP contribution in [0.4, 0.5) is 11.4 Å². The number of benzene rings is 1. The third kappa shape index (κ3) is 2.14. The molecule has 2 aliphatic rings. The Bertz CT molecular complexity index is 501. The van der Waals surface area contributed by atoms with Gasteiger partial charge in [0.05, 0.1) is 11.3 Å². The van der Waals surface area contributed by atoms with Crippen molar-refractivity contribution < 1.29 is 14.6 Å². The van der Waals surface area contributed by atoms with E-state index in [2.05, 4.69) is 4.90 Å². The molecule has 0 aliphatic carbocycles. The summed E-state index contributed by atoms with van der Waals surface area (Å²) in [7, 11) is 0. The van der Waals surface area contributed by atoms with Gasteiger partial charge in [0.2, 0.25) is 0 Å². The van der Waals surface area contributed by atoms with Crippen molar-refractivity contribution in [3.63, 3.8) is 0 Å². The molecule has 1 aromatic carbocycles. The minimum Gasteiger partial charge on any atom is -0.478 e. The van der Waals surface area contributed by atoms with E-state index in [9.17, 15) is 9.90 Å². The Hall–Kier alpha value is -1.75. The van der Waals surface area contributed by atoms with Crippen LogP contribution in [0.15, 0.2) is 18.2 Å². The van der Waals surface area contributed by atoms with Gasteiger partial charge < -0.3 is 20.5 Å². The second-order valence-electron chi connectivity index (χ2n) is 5.55. The molecule has 0 radical (unpaired) electrons. The van der Waals surface area contributed by atoms with E-state index in [1.807, 2.05) is 6.07 Å². The Morgan fingerprint density at radius 3 is 2.63 bits per heavy atom. The van der Waals surface area contributed by atoms with Gasteiger partial charge in [-0.05, 0) is 31.0 Å². The number of nitrogens with zero attached hydrogens (tertiary/aromatic N) is 1. The van der Waals surface area contributed by atoms with Crippen LogP contribution in [0, 0.1) is 5.41 Å². The number of rotatable bonds is 2. The van der Waals surface area contributed by atoms with Gasteiger partial charge in [-0.15, -0.1) is 0 Å². The Labute approximate surface area is 112 Å². The summed E-state index contributed by atoms with van der Waals surface area (Å²) in [6, 6.07) is 5.11. The first kappa shape index (κ1) is 12.3. The average molecular weight is 262 g/mol. The van der Waals surface area contributed by atoms with Gasteiger partial charge in [-0.1, -0.05) is 0 Å². The molecule has 1 spiro atoms. The molecule has 19 heavy (non-hydrogen) atoms. The van der Waals surface area contributed by atoms with Crippen LogP contribution < -0.4 is 10.6 Å².